The van der Waals surface area contributed by atoms with Crippen LogP contribution >= 0.6 is 11.6 Å². The van der Waals surface area contributed by atoms with Gasteiger partial charge in [-0.2, -0.15) is 13.2 Å². The van der Waals surface area contributed by atoms with Gasteiger partial charge in [0.15, 0.2) is 0 Å². The van der Waals surface area contributed by atoms with Crippen molar-refractivity contribution in [2.75, 3.05) is 0 Å². The molecule has 1 aromatic rings. The Kier molecular flexibility index (Phi) is 3.89. The molecule has 1 rings (SSSR count). The molecular formula is C12H14ClF3. The van der Waals surface area contributed by atoms with Crippen LogP contribution in [0.3, 0.4) is 0 Å². The van der Waals surface area contributed by atoms with Crippen molar-refractivity contribution in [1.29, 1.82) is 0 Å². The van der Waals surface area contributed by atoms with E-state index in [0.717, 1.165) is 6.07 Å². The van der Waals surface area contributed by atoms with Gasteiger partial charge >= 0.3 is 6.18 Å². The maximum atomic E-state index is 12.8. The summed E-state index contributed by atoms with van der Waals surface area (Å²) in [5, 5.41) is 0.136. The van der Waals surface area contributed by atoms with E-state index in [2.05, 4.69) is 0 Å². The van der Waals surface area contributed by atoms with Gasteiger partial charge in [0.1, 0.15) is 0 Å². The zero-order valence-corrected chi connectivity index (χ0v) is 10.2. The molecule has 0 saturated carbocycles. The van der Waals surface area contributed by atoms with Crippen LogP contribution in [-0.2, 0) is 6.18 Å². The minimum Gasteiger partial charge on any atom is -0.166 e. The fraction of sp³-hybridized carbons (Fsp3) is 0.500. The normalized spacial score (nSPS) is 13.9. The minimum absolute atomic E-state index is 0.117. The van der Waals surface area contributed by atoms with Crippen molar-refractivity contribution in [3.8, 4) is 0 Å². The van der Waals surface area contributed by atoms with E-state index >= 15 is 0 Å². The van der Waals surface area contributed by atoms with Gasteiger partial charge in [0.2, 0.25) is 0 Å². The van der Waals surface area contributed by atoms with Gasteiger partial charge in [0.25, 0.3) is 0 Å². The molecule has 16 heavy (non-hydrogen) atoms. The Morgan fingerprint density at radius 1 is 1.31 bits per heavy atom. The van der Waals surface area contributed by atoms with Crippen LogP contribution in [0.5, 0.6) is 0 Å². The lowest BCUT2D eigenvalue weighted by molar-refractivity contribution is -0.138. The van der Waals surface area contributed by atoms with Crippen LogP contribution in [0.25, 0.3) is 0 Å². The van der Waals surface area contributed by atoms with Gasteiger partial charge in [-0.3, -0.25) is 0 Å². The largest absolute Gasteiger partial charge is 0.416 e. The molecule has 90 valence electrons. The number of alkyl halides is 3. The second-order valence-electron chi connectivity index (χ2n) is 3.99. The third-order valence-corrected chi connectivity index (χ3v) is 2.98. The molecular weight excluding hydrogens is 237 g/mol. The molecule has 0 spiro atoms. The van der Waals surface area contributed by atoms with Gasteiger partial charge < -0.3 is 0 Å². The smallest absolute Gasteiger partial charge is 0.166 e. The minimum atomic E-state index is -4.34. The first-order valence-corrected chi connectivity index (χ1v) is 5.52. The molecule has 0 aromatic heterocycles. The summed E-state index contributed by atoms with van der Waals surface area (Å²) in [6.45, 7) is 5.34. The van der Waals surface area contributed by atoms with Crippen molar-refractivity contribution in [2.45, 2.75) is 39.3 Å². The van der Waals surface area contributed by atoms with Gasteiger partial charge in [-0.05, 0) is 42.5 Å². The van der Waals surface area contributed by atoms with Gasteiger partial charge in [0.05, 0.1) is 5.56 Å². The second-order valence-corrected chi connectivity index (χ2v) is 4.43. The average molecular weight is 251 g/mol. The Morgan fingerprint density at radius 2 is 1.88 bits per heavy atom. The Morgan fingerprint density at radius 3 is 2.31 bits per heavy atom. The molecule has 0 aliphatic heterocycles. The molecule has 0 N–H and O–H groups in total. The van der Waals surface area contributed by atoms with Gasteiger partial charge in [-0.1, -0.05) is 25.4 Å². The molecule has 0 heterocycles. The summed E-state index contributed by atoms with van der Waals surface area (Å²) in [5.41, 5.74) is 0.362. The number of benzene rings is 1. The van der Waals surface area contributed by atoms with Crippen LogP contribution in [0.15, 0.2) is 12.1 Å². The van der Waals surface area contributed by atoms with E-state index in [1.54, 1.807) is 19.9 Å². The van der Waals surface area contributed by atoms with E-state index in [1.165, 1.54) is 0 Å². The zero-order valence-electron chi connectivity index (χ0n) is 9.45. The van der Waals surface area contributed by atoms with Crippen molar-refractivity contribution < 1.29 is 13.2 Å². The van der Waals surface area contributed by atoms with E-state index in [-0.39, 0.29) is 10.9 Å². The molecule has 0 aliphatic rings. The van der Waals surface area contributed by atoms with Crippen molar-refractivity contribution in [3.63, 3.8) is 0 Å². The van der Waals surface area contributed by atoms with Crippen molar-refractivity contribution >= 4 is 11.6 Å². The van der Waals surface area contributed by atoms with Crippen LogP contribution < -0.4 is 0 Å². The first-order valence-electron chi connectivity index (χ1n) is 5.14. The van der Waals surface area contributed by atoms with Crippen LogP contribution in [-0.4, -0.2) is 0 Å². The van der Waals surface area contributed by atoms with E-state index < -0.39 is 11.7 Å². The quantitative estimate of drug-likeness (QED) is 0.678. The molecule has 0 aliphatic carbocycles. The lowest BCUT2D eigenvalue weighted by Crippen LogP contribution is -2.12. The second kappa shape index (κ2) is 4.66. The highest BCUT2D eigenvalue weighted by Gasteiger charge is 2.35. The SMILES string of the molecule is CCC(C)c1c(C)cc(Cl)cc1C(F)(F)F. The Hall–Kier alpha value is -0.700. The number of aryl methyl sites for hydroxylation is 1. The Balaban J connectivity index is 3.44. The van der Waals surface area contributed by atoms with Gasteiger partial charge in [0, 0.05) is 5.02 Å². The van der Waals surface area contributed by atoms with Crippen molar-refractivity contribution in [3.05, 3.63) is 33.8 Å². The molecule has 0 bridgehead atoms. The predicted octanol–water partition coefficient (Wildman–Crippen LogP) is 5.18. The lowest BCUT2D eigenvalue weighted by atomic mass is 9.89. The number of hydrogen-bond acceptors (Lipinski definition) is 0. The molecule has 0 saturated heterocycles. The van der Waals surface area contributed by atoms with E-state index in [1.807, 2.05) is 6.92 Å². The molecule has 0 amide bonds. The molecule has 4 heteroatoms. The molecule has 0 radical (unpaired) electrons. The maximum absolute atomic E-state index is 12.8. The highest BCUT2D eigenvalue weighted by molar-refractivity contribution is 6.30. The van der Waals surface area contributed by atoms with Gasteiger partial charge in [-0.25, -0.2) is 0 Å². The third kappa shape index (κ3) is 2.70. The van der Waals surface area contributed by atoms with Gasteiger partial charge in [-0.15, -0.1) is 0 Å². The Labute approximate surface area is 98.4 Å². The van der Waals surface area contributed by atoms with Crippen LogP contribution in [0.1, 0.15) is 42.9 Å². The highest BCUT2D eigenvalue weighted by atomic mass is 35.5. The van der Waals surface area contributed by atoms with Crippen LogP contribution in [0.4, 0.5) is 13.2 Å². The topological polar surface area (TPSA) is 0 Å². The monoisotopic (exact) mass is 250 g/mol. The third-order valence-electron chi connectivity index (χ3n) is 2.76. The Bertz CT molecular complexity index is 383. The van der Waals surface area contributed by atoms with E-state index in [4.69, 9.17) is 11.6 Å². The predicted molar refractivity (Wildman–Crippen MR) is 59.9 cm³/mol. The summed E-state index contributed by atoms with van der Waals surface area (Å²) >= 11 is 5.68. The van der Waals surface area contributed by atoms with E-state index in [9.17, 15) is 13.2 Å². The number of hydrogen-bond donors (Lipinski definition) is 0. The fourth-order valence-corrected chi connectivity index (χ4v) is 2.12. The van der Waals surface area contributed by atoms with Crippen LogP contribution in [0, 0.1) is 6.92 Å². The molecule has 1 aromatic carbocycles. The number of halogens is 4. The molecule has 1 atom stereocenters. The molecule has 1 unspecified atom stereocenters. The summed E-state index contributed by atoms with van der Waals surface area (Å²) in [7, 11) is 0. The fourth-order valence-electron chi connectivity index (χ4n) is 1.85. The van der Waals surface area contributed by atoms with E-state index in [0.29, 0.717) is 17.5 Å². The zero-order chi connectivity index (χ0) is 12.5. The summed E-state index contributed by atoms with van der Waals surface area (Å²) < 4.78 is 38.5. The molecule has 0 fully saturated rings. The van der Waals surface area contributed by atoms with Crippen molar-refractivity contribution in [1.82, 2.24) is 0 Å². The summed E-state index contributed by atoms with van der Waals surface area (Å²) in [4.78, 5) is 0. The first kappa shape index (κ1) is 13.4. The molecule has 0 nitrogen and oxygen atoms in total. The summed E-state index contributed by atoms with van der Waals surface area (Å²) in [6, 6.07) is 2.59. The average Bonchev–Trinajstić information content (AvgIpc) is 2.14. The number of rotatable bonds is 2. The van der Waals surface area contributed by atoms with Crippen molar-refractivity contribution in [2.24, 2.45) is 0 Å². The lowest BCUT2D eigenvalue weighted by Gasteiger charge is -2.20. The standard InChI is InChI=1S/C12H14ClF3/c1-4-7(2)11-8(3)5-9(13)6-10(11)12(14,15)16/h5-7H,4H2,1-3H3. The van der Waals surface area contributed by atoms with Crippen LogP contribution in [0.2, 0.25) is 5.02 Å². The summed E-state index contributed by atoms with van der Waals surface area (Å²) in [6.07, 6.45) is -3.67. The highest BCUT2D eigenvalue weighted by Crippen LogP contribution is 2.39. The summed E-state index contributed by atoms with van der Waals surface area (Å²) in [5.74, 6) is -0.117. The maximum Gasteiger partial charge on any atom is 0.416 e. The first-order chi connectivity index (χ1) is 7.27.